The Morgan fingerprint density at radius 1 is 1.06 bits per heavy atom. The lowest BCUT2D eigenvalue weighted by atomic mass is 9.86. The molecule has 31 heavy (non-hydrogen) atoms. The second-order valence-electron chi connectivity index (χ2n) is 7.51. The minimum Gasteiger partial charge on any atom is -0.496 e. The van der Waals surface area contributed by atoms with Crippen molar-refractivity contribution in [1.29, 1.82) is 5.41 Å². The first-order valence-corrected chi connectivity index (χ1v) is 10.3. The predicted molar refractivity (Wildman–Crippen MR) is 122 cm³/mol. The summed E-state index contributed by atoms with van der Waals surface area (Å²) in [4.78, 5) is 6.39. The van der Waals surface area contributed by atoms with Crippen LogP contribution in [0.15, 0.2) is 71.2 Å². The fraction of sp³-hybridized carbons (Fsp3) is 0.200. The molecule has 156 valence electrons. The van der Waals surface area contributed by atoms with E-state index in [0.29, 0.717) is 24.4 Å². The zero-order valence-electron chi connectivity index (χ0n) is 17.2. The lowest BCUT2D eigenvalue weighted by molar-refractivity contribution is 0.243. The molecule has 5 rings (SSSR count). The second-order valence-corrected chi connectivity index (χ2v) is 7.51. The van der Waals surface area contributed by atoms with Crippen molar-refractivity contribution in [2.45, 2.75) is 12.6 Å². The first kappa shape index (κ1) is 19.3. The van der Waals surface area contributed by atoms with Gasteiger partial charge in [-0.3, -0.25) is 5.41 Å². The highest BCUT2D eigenvalue weighted by molar-refractivity contribution is 6.14. The summed E-state index contributed by atoms with van der Waals surface area (Å²) in [6.07, 6.45) is 1.58. The quantitative estimate of drug-likeness (QED) is 0.661. The molecule has 1 atom stereocenters. The molecule has 2 heterocycles. The topological polar surface area (TPSA) is 78.1 Å². The van der Waals surface area contributed by atoms with Crippen molar-refractivity contribution in [2.24, 2.45) is 4.99 Å². The van der Waals surface area contributed by atoms with Gasteiger partial charge in [-0.2, -0.15) is 0 Å². The molecule has 0 amide bonds. The van der Waals surface area contributed by atoms with Crippen molar-refractivity contribution in [3.8, 4) is 11.5 Å². The Labute approximate surface area is 180 Å². The molecule has 2 aliphatic rings. The lowest BCUT2D eigenvalue weighted by Gasteiger charge is -2.36. The summed E-state index contributed by atoms with van der Waals surface area (Å²) in [6.45, 7) is 0.573. The van der Waals surface area contributed by atoms with E-state index in [2.05, 4.69) is 17.1 Å². The van der Waals surface area contributed by atoms with Gasteiger partial charge in [0.2, 0.25) is 6.23 Å². The summed E-state index contributed by atoms with van der Waals surface area (Å²) in [5.41, 5.74) is 3.41. The molecule has 0 aromatic heterocycles. The minimum absolute atomic E-state index is 0.0603. The third-order valence-corrected chi connectivity index (χ3v) is 5.71. The number of nitrogens with zero attached hydrogens (tertiary/aromatic N) is 2. The van der Waals surface area contributed by atoms with Gasteiger partial charge in [0.25, 0.3) is 0 Å². The van der Waals surface area contributed by atoms with E-state index in [1.165, 1.54) is 0 Å². The summed E-state index contributed by atoms with van der Waals surface area (Å²) in [5, 5.41) is 20.3. The molecule has 3 aromatic rings. The average molecular weight is 413 g/mol. The summed E-state index contributed by atoms with van der Waals surface area (Å²) in [6, 6.07) is 20.1. The fourth-order valence-electron chi connectivity index (χ4n) is 4.25. The van der Waals surface area contributed by atoms with E-state index in [-0.39, 0.29) is 6.61 Å². The van der Waals surface area contributed by atoms with Crippen molar-refractivity contribution in [3.63, 3.8) is 0 Å². The summed E-state index contributed by atoms with van der Waals surface area (Å²) in [7, 11) is 1.65. The van der Waals surface area contributed by atoms with Gasteiger partial charge in [-0.05, 0) is 23.9 Å². The van der Waals surface area contributed by atoms with Crippen molar-refractivity contribution in [1.82, 2.24) is 4.90 Å². The van der Waals surface area contributed by atoms with Gasteiger partial charge in [-0.25, -0.2) is 4.99 Å². The number of fused-ring (bicyclic) bond motifs is 4. The van der Waals surface area contributed by atoms with Crippen LogP contribution >= 0.6 is 0 Å². The number of nitrogens with one attached hydrogen (secondary N) is 1. The van der Waals surface area contributed by atoms with E-state index >= 15 is 0 Å². The molecule has 6 heteroatoms. The molecular weight excluding hydrogens is 390 g/mol. The maximum absolute atomic E-state index is 9.25. The number of para-hydroxylation sites is 1. The average Bonchev–Trinajstić information content (AvgIpc) is 2.82. The Balaban J connectivity index is 1.79. The van der Waals surface area contributed by atoms with Gasteiger partial charge < -0.3 is 19.5 Å². The number of aliphatic hydroxyl groups excluding tert-OH is 1. The number of aliphatic imine (C=N–C) groups is 1. The van der Waals surface area contributed by atoms with Gasteiger partial charge in [0.1, 0.15) is 17.3 Å². The Morgan fingerprint density at radius 3 is 2.71 bits per heavy atom. The summed E-state index contributed by atoms with van der Waals surface area (Å²) >= 11 is 0. The zero-order chi connectivity index (χ0) is 21.4. The zero-order valence-corrected chi connectivity index (χ0v) is 17.2. The Hall–Kier alpha value is -3.64. The maximum atomic E-state index is 9.25. The summed E-state index contributed by atoms with van der Waals surface area (Å²) in [5.74, 6) is 1.82. The van der Waals surface area contributed by atoms with Crippen LogP contribution in [0.1, 0.15) is 17.5 Å². The number of aliphatic hydroxyl groups is 1. The minimum atomic E-state index is -0.615. The standard InChI is InChI=1S/C25H23N3O3/c1-30-20-10-5-4-9-18(20)21-19-12-11-16-7-2-3-8-17(16)23(19)31-25-22(21)24(26)28(15-27-25)13-6-14-29/h2-5,7-12,15,25-26,29H,6,13-14H2,1H3/t25-/m0/s1. The van der Waals surface area contributed by atoms with Crippen LogP contribution in [-0.4, -0.2) is 48.7 Å². The molecule has 0 saturated carbocycles. The molecule has 0 radical (unpaired) electrons. The smallest absolute Gasteiger partial charge is 0.221 e. The molecule has 2 aliphatic heterocycles. The van der Waals surface area contributed by atoms with E-state index < -0.39 is 6.23 Å². The number of benzene rings is 3. The van der Waals surface area contributed by atoms with Crippen LogP contribution in [0.25, 0.3) is 16.3 Å². The van der Waals surface area contributed by atoms with Crippen molar-refractivity contribution in [2.75, 3.05) is 20.3 Å². The number of rotatable bonds is 5. The molecule has 0 fully saturated rings. The van der Waals surface area contributed by atoms with E-state index in [4.69, 9.17) is 14.9 Å². The third-order valence-electron chi connectivity index (χ3n) is 5.71. The first-order chi connectivity index (χ1) is 15.2. The molecule has 0 spiro atoms. The van der Waals surface area contributed by atoms with Crippen LogP contribution in [0.5, 0.6) is 11.5 Å². The van der Waals surface area contributed by atoms with Crippen LogP contribution in [0.4, 0.5) is 0 Å². The second kappa shape index (κ2) is 7.89. The number of amidine groups is 1. The monoisotopic (exact) mass is 413 g/mol. The largest absolute Gasteiger partial charge is 0.496 e. The Kier molecular flexibility index (Phi) is 4.92. The SMILES string of the molecule is COc1ccccc1C1=C2C(=N)N(CCCO)C=N[C@H]2Oc2c1ccc1ccccc21. The van der Waals surface area contributed by atoms with Gasteiger partial charge in [0, 0.05) is 35.2 Å². The molecule has 3 aromatic carbocycles. The Morgan fingerprint density at radius 2 is 1.87 bits per heavy atom. The lowest BCUT2D eigenvalue weighted by Crippen LogP contribution is -2.43. The van der Waals surface area contributed by atoms with Gasteiger partial charge in [-0.15, -0.1) is 0 Å². The van der Waals surface area contributed by atoms with E-state index in [1.54, 1.807) is 18.3 Å². The molecule has 6 nitrogen and oxygen atoms in total. The van der Waals surface area contributed by atoms with Crippen LogP contribution in [0, 0.1) is 5.41 Å². The maximum Gasteiger partial charge on any atom is 0.221 e. The van der Waals surface area contributed by atoms with Crippen LogP contribution in [0.3, 0.4) is 0 Å². The highest BCUT2D eigenvalue weighted by Crippen LogP contribution is 2.46. The van der Waals surface area contributed by atoms with Crippen LogP contribution in [-0.2, 0) is 0 Å². The first-order valence-electron chi connectivity index (χ1n) is 10.3. The van der Waals surface area contributed by atoms with Gasteiger partial charge >= 0.3 is 0 Å². The van der Waals surface area contributed by atoms with Crippen LogP contribution in [0.2, 0.25) is 0 Å². The van der Waals surface area contributed by atoms with E-state index in [0.717, 1.165) is 39.0 Å². The third kappa shape index (κ3) is 3.16. The molecular formula is C25H23N3O3. The molecule has 0 aliphatic carbocycles. The van der Waals surface area contributed by atoms with E-state index in [9.17, 15) is 5.11 Å². The van der Waals surface area contributed by atoms with Crippen LogP contribution < -0.4 is 9.47 Å². The highest BCUT2D eigenvalue weighted by Gasteiger charge is 2.37. The van der Waals surface area contributed by atoms with E-state index in [1.807, 2.05) is 48.5 Å². The van der Waals surface area contributed by atoms with Gasteiger partial charge in [0.05, 0.1) is 19.0 Å². The number of hydrogen-bond acceptors (Lipinski definition) is 5. The van der Waals surface area contributed by atoms with Gasteiger partial charge in [-0.1, -0.05) is 48.5 Å². The number of methoxy groups -OCH3 is 1. The van der Waals surface area contributed by atoms with Crippen molar-refractivity contribution in [3.05, 3.63) is 77.4 Å². The molecule has 0 unspecified atom stereocenters. The number of ether oxygens (including phenoxy) is 2. The predicted octanol–water partition coefficient (Wildman–Crippen LogP) is 4.07. The Bertz CT molecular complexity index is 1230. The molecule has 2 N–H and O–H groups in total. The molecule has 0 bridgehead atoms. The molecule has 0 saturated heterocycles. The number of hydrogen-bond donors (Lipinski definition) is 2. The van der Waals surface area contributed by atoms with Crippen molar-refractivity contribution >= 4 is 28.5 Å². The fourth-order valence-corrected chi connectivity index (χ4v) is 4.25. The summed E-state index contributed by atoms with van der Waals surface area (Å²) < 4.78 is 12.1. The highest BCUT2D eigenvalue weighted by atomic mass is 16.5. The van der Waals surface area contributed by atoms with Crippen molar-refractivity contribution < 1.29 is 14.6 Å². The van der Waals surface area contributed by atoms with Gasteiger partial charge in [0.15, 0.2) is 0 Å². The normalized spacial score (nSPS) is 17.4.